The van der Waals surface area contributed by atoms with Gasteiger partial charge in [0, 0.05) is 32.2 Å². The molecule has 2 aliphatic rings. The molecule has 1 saturated heterocycles. The van der Waals surface area contributed by atoms with E-state index in [0.717, 1.165) is 5.56 Å². The zero-order chi connectivity index (χ0) is 19.5. The molecule has 2 amide bonds. The van der Waals surface area contributed by atoms with Crippen LogP contribution in [0.25, 0.3) is 0 Å². The number of carbonyl (C=O) groups excluding carboxylic acids is 1. The largest absolute Gasteiger partial charge is 0.378 e. The second-order valence-corrected chi connectivity index (χ2v) is 7.04. The number of morpholine rings is 1. The lowest BCUT2D eigenvalue weighted by atomic mass is 10.1. The van der Waals surface area contributed by atoms with Crippen molar-refractivity contribution in [3.05, 3.63) is 57.5 Å². The summed E-state index contributed by atoms with van der Waals surface area (Å²) in [5.74, 6) is 0.522. The highest BCUT2D eigenvalue weighted by molar-refractivity contribution is 5.75. The summed E-state index contributed by atoms with van der Waals surface area (Å²) < 4.78 is 7.00. The zero-order valence-electron chi connectivity index (χ0n) is 16.1. The van der Waals surface area contributed by atoms with Gasteiger partial charge < -0.3 is 19.9 Å². The van der Waals surface area contributed by atoms with Gasteiger partial charge in [-0.1, -0.05) is 30.3 Å². The normalized spacial score (nSPS) is 16.6. The lowest BCUT2D eigenvalue weighted by Gasteiger charge is -2.35. The van der Waals surface area contributed by atoms with Gasteiger partial charge in [0.2, 0.25) is 5.95 Å². The first kappa shape index (κ1) is 18.5. The molecule has 0 aliphatic carbocycles. The Balaban J connectivity index is 1.59. The van der Waals surface area contributed by atoms with E-state index < -0.39 is 0 Å². The van der Waals surface area contributed by atoms with Gasteiger partial charge in [0.1, 0.15) is 0 Å². The first-order valence-corrected chi connectivity index (χ1v) is 9.63. The standard InChI is InChI=1S/C20H25N5O3/c1-21-19-22-17-14-24(20(27)23-9-11-28-12-10-23)8-7-16(17)18(26)25(19)13-15-5-3-2-4-6-15/h2-6H,7-14H2,1H3,(H,21,22). The minimum atomic E-state index is -0.0309. The minimum Gasteiger partial charge on any atom is -0.378 e. The van der Waals surface area contributed by atoms with Crippen LogP contribution in [0, 0.1) is 0 Å². The number of nitrogens with zero attached hydrogens (tertiary/aromatic N) is 4. The van der Waals surface area contributed by atoms with Crippen LogP contribution in [0.5, 0.6) is 0 Å². The van der Waals surface area contributed by atoms with Crippen LogP contribution < -0.4 is 10.9 Å². The fourth-order valence-corrected chi connectivity index (χ4v) is 3.75. The van der Waals surface area contributed by atoms with E-state index in [2.05, 4.69) is 10.3 Å². The second kappa shape index (κ2) is 8.02. The first-order chi connectivity index (χ1) is 13.7. The number of rotatable bonds is 3. The summed E-state index contributed by atoms with van der Waals surface area (Å²) in [4.78, 5) is 34.2. The highest BCUT2D eigenvalue weighted by atomic mass is 16.5. The number of anilines is 1. The molecule has 148 valence electrons. The molecule has 8 heteroatoms. The number of ether oxygens (including phenoxy) is 1. The van der Waals surface area contributed by atoms with E-state index in [1.807, 2.05) is 35.2 Å². The molecule has 2 aromatic rings. The molecule has 2 aliphatic heterocycles. The van der Waals surface area contributed by atoms with Crippen molar-refractivity contribution in [1.82, 2.24) is 19.4 Å². The van der Waals surface area contributed by atoms with Gasteiger partial charge in [-0.3, -0.25) is 9.36 Å². The molecule has 0 saturated carbocycles. The van der Waals surface area contributed by atoms with E-state index in [9.17, 15) is 9.59 Å². The lowest BCUT2D eigenvalue weighted by molar-refractivity contribution is 0.0420. The van der Waals surface area contributed by atoms with Crippen LogP contribution in [0.1, 0.15) is 16.8 Å². The predicted molar refractivity (Wildman–Crippen MR) is 105 cm³/mol. The average molecular weight is 383 g/mol. The Labute approximate surface area is 163 Å². The van der Waals surface area contributed by atoms with Crippen molar-refractivity contribution in [2.75, 3.05) is 45.2 Å². The lowest BCUT2D eigenvalue weighted by Crippen LogP contribution is -2.50. The maximum absolute atomic E-state index is 13.1. The van der Waals surface area contributed by atoms with E-state index >= 15 is 0 Å². The highest BCUT2D eigenvalue weighted by Crippen LogP contribution is 2.19. The Morgan fingerprint density at radius 3 is 2.61 bits per heavy atom. The van der Waals surface area contributed by atoms with Gasteiger partial charge in [-0.25, -0.2) is 9.78 Å². The number of hydrogen-bond acceptors (Lipinski definition) is 5. The van der Waals surface area contributed by atoms with Crippen LogP contribution in [0.2, 0.25) is 0 Å². The molecule has 0 radical (unpaired) electrons. The number of aromatic nitrogens is 2. The summed E-state index contributed by atoms with van der Waals surface area (Å²) in [6.45, 7) is 3.72. The SMILES string of the molecule is CNc1nc2c(c(=O)n1Cc1ccccc1)CCN(C(=O)N1CCOCC1)C2. The Bertz CT molecular complexity index is 906. The summed E-state index contributed by atoms with van der Waals surface area (Å²) >= 11 is 0. The molecule has 8 nitrogen and oxygen atoms in total. The molecule has 1 N–H and O–H groups in total. The topological polar surface area (TPSA) is 79.7 Å². The number of urea groups is 1. The Morgan fingerprint density at radius 2 is 1.89 bits per heavy atom. The Morgan fingerprint density at radius 1 is 1.14 bits per heavy atom. The summed E-state index contributed by atoms with van der Waals surface area (Å²) in [5.41, 5.74) is 2.41. The van der Waals surface area contributed by atoms with E-state index in [-0.39, 0.29) is 11.6 Å². The number of fused-ring (bicyclic) bond motifs is 1. The zero-order valence-corrected chi connectivity index (χ0v) is 16.1. The van der Waals surface area contributed by atoms with E-state index in [4.69, 9.17) is 4.74 Å². The smallest absolute Gasteiger partial charge is 0.320 e. The summed E-state index contributed by atoms with van der Waals surface area (Å²) in [6.07, 6.45) is 0.524. The fraction of sp³-hybridized carbons (Fsp3) is 0.450. The van der Waals surface area contributed by atoms with Crippen LogP contribution in [0.3, 0.4) is 0 Å². The van der Waals surface area contributed by atoms with Crippen molar-refractivity contribution in [2.24, 2.45) is 0 Å². The summed E-state index contributed by atoms with van der Waals surface area (Å²) in [5, 5.41) is 3.04. The minimum absolute atomic E-state index is 0.00442. The maximum atomic E-state index is 13.1. The van der Waals surface area contributed by atoms with Crippen molar-refractivity contribution in [3.8, 4) is 0 Å². The maximum Gasteiger partial charge on any atom is 0.320 e. The molecule has 0 bridgehead atoms. The highest BCUT2D eigenvalue weighted by Gasteiger charge is 2.29. The molecule has 0 unspecified atom stereocenters. The van der Waals surface area contributed by atoms with Crippen molar-refractivity contribution in [2.45, 2.75) is 19.5 Å². The van der Waals surface area contributed by atoms with Crippen LogP contribution in [0.4, 0.5) is 10.7 Å². The summed E-state index contributed by atoms with van der Waals surface area (Å²) in [6, 6.07) is 9.86. The molecule has 1 aromatic carbocycles. The molecule has 0 atom stereocenters. The van der Waals surface area contributed by atoms with Crippen molar-refractivity contribution >= 4 is 12.0 Å². The third-order valence-corrected chi connectivity index (χ3v) is 5.28. The monoisotopic (exact) mass is 383 g/mol. The quantitative estimate of drug-likeness (QED) is 0.860. The van der Waals surface area contributed by atoms with E-state index in [1.165, 1.54) is 0 Å². The van der Waals surface area contributed by atoms with Gasteiger partial charge >= 0.3 is 6.03 Å². The number of amides is 2. The van der Waals surface area contributed by atoms with Gasteiger partial charge in [-0.05, 0) is 12.0 Å². The predicted octanol–water partition coefficient (Wildman–Crippen LogP) is 1.14. The summed E-state index contributed by atoms with van der Waals surface area (Å²) in [7, 11) is 1.76. The van der Waals surface area contributed by atoms with Gasteiger partial charge in [0.25, 0.3) is 5.56 Å². The number of carbonyl (C=O) groups is 1. The Hall–Kier alpha value is -2.87. The molecule has 4 rings (SSSR count). The van der Waals surface area contributed by atoms with Crippen LogP contribution in [0.15, 0.2) is 35.1 Å². The molecule has 1 fully saturated rings. The van der Waals surface area contributed by atoms with Gasteiger partial charge in [0.15, 0.2) is 0 Å². The average Bonchev–Trinajstić information content (AvgIpc) is 2.76. The first-order valence-electron chi connectivity index (χ1n) is 9.63. The van der Waals surface area contributed by atoms with Crippen LogP contribution >= 0.6 is 0 Å². The second-order valence-electron chi connectivity index (χ2n) is 7.04. The van der Waals surface area contributed by atoms with Gasteiger partial charge in [0.05, 0.1) is 32.0 Å². The van der Waals surface area contributed by atoms with E-state index in [0.29, 0.717) is 69.6 Å². The molecule has 1 aromatic heterocycles. The van der Waals surface area contributed by atoms with Gasteiger partial charge in [-0.15, -0.1) is 0 Å². The molecular formula is C20H25N5O3. The van der Waals surface area contributed by atoms with Gasteiger partial charge in [-0.2, -0.15) is 0 Å². The number of nitrogens with one attached hydrogen (secondary N) is 1. The molecule has 28 heavy (non-hydrogen) atoms. The molecule has 0 spiro atoms. The number of hydrogen-bond donors (Lipinski definition) is 1. The Kier molecular flexibility index (Phi) is 5.29. The number of benzene rings is 1. The van der Waals surface area contributed by atoms with E-state index in [1.54, 1.807) is 16.5 Å². The van der Waals surface area contributed by atoms with Crippen LogP contribution in [-0.2, 0) is 24.2 Å². The van der Waals surface area contributed by atoms with Crippen molar-refractivity contribution < 1.29 is 9.53 Å². The molecular weight excluding hydrogens is 358 g/mol. The third kappa shape index (κ3) is 3.60. The fourth-order valence-electron chi connectivity index (χ4n) is 3.75. The van der Waals surface area contributed by atoms with Crippen molar-refractivity contribution in [3.63, 3.8) is 0 Å². The van der Waals surface area contributed by atoms with Crippen LogP contribution in [-0.4, -0.2) is 65.3 Å². The molecule has 3 heterocycles. The third-order valence-electron chi connectivity index (χ3n) is 5.28. The van der Waals surface area contributed by atoms with Crippen molar-refractivity contribution in [1.29, 1.82) is 0 Å².